The summed E-state index contributed by atoms with van der Waals surface area (Å²) >= 11 is 0. The third kappa shape index (κ3) is 4.78. The number of aromatic nitrogens is 3. The van der Waals surface area contributed by atoms with Gasteiger partial charge >= 0.3 is 0 Å². The summed E-state index contributed by atoms with van der Waals surface area (Å²) < 4.78 is 6.22. The van der Waals surface area contributed by atoms with E-state index in [1.807, 2.05) is 24.4 Å². The van der Waals surface area contributed by atoms with Crippen LogP contribution in [0.25, 0.3) is 22.0 Å². The van der Waals surface area contributed by atoms with Gasteiger partial charge in [0.2, 0.25) is 5.88 Å². The predicted octanol–water partition coefficient (Wildman–Crippen LogP) is 5.52. The maximum Gasteiger partial charge on any atom is 0.224 e. The van der Waals surface area contributed by atoms with Crippen molar-refractivity contribution in [2.75, 3.05) is 13.2 Å². The lowest BCUT2D eigenvalue weighted by atomic mass is 9.99. The Balaban J connectivity index is 1.28. The predicted molar refractivity (Wildman–Crippen MR) is 127 cm³/mol. The number of nitrogens with zero attached hydrogens (tertiary/aromatic N) is 4. The second-order valence-electron chi connectivity index (χ2n) is 8.36. The topological polar surface area (TPSA) is 51.1 Å². The zero-order valence-electron chi connectivity index (χ0n) is 18.2. The summed E-state index contributed by atoms with van der Waals surface area (Å²) in [5.74, 6) is 0.667. The molecule has 1 fully saturated rings. The maximum atomic E-state index is 6.22. The standard InChI is InChI=1S/C27H28N4O/c1-2-8-21(9-3-1)22-12-13-26-25(18-22)27(30-20-29-26)32-17-14-24-11-5-7-16-31(24)19-23-10-4-6-15-28-23/h1-4,6,8-10,12-13,15,18,20,24H,5,7,11,14,16-17,19H2. The number of piperidine rings is 1. The van der Waals surface area contributed by atoms with Gasteiger partial charge in [0, 0.05) is 18.8 Å². The monoisotopic (exact) mass is 424 g/mol. The van der Waals surface area contributed by atoms with Crippen molar-refractivity contribution in [2.45, 2.75) is 38.3 Å². The molecule has 0 amide bonds. The second kappa shape index (κ2) is 9.88. The van der Waals surface area contributed by atoms with Gasteiger partial charge in [-0.2, -0.15) is 0 Å². The molecule has 162 valence electrons. The van der Waals surface area contributed by atoms with Crippen LogP contribution in [0.4, 0.5) is 0 Å². The molecule has 1 unspecified atom stereocenters. The van der Waals surface area contributed by atoms with Crippen molar-refractivity contribution in [1.29, 1.82) is 0 Å². The van der Waals surface area contributed by atoms with Gasteiger partial charge in [-0.1, -0.05) is 48.9 Å². The van der Waals surface area contributed by atoms with Crippen LogP contribution < -0.4 is 4.74 Å². The quantitative estimate of drug-likeness (QED) is 0.391. The molecule has 1 aliphatic rings. The molecule has 5 heteroatoms. The van der Waals surface area contributed by atoms with E-state index >= 15 is 0 Å². The van der Waals surface area contributed by atoms with Crippen LogP contribution in [0.15, 0.2) is 79.3 Å². The van der Waals surface area contributed by atoms with Gasteiger partial charge in [-0.15, -0.1) is 0 Å². The Morgan fingerprint density at radius 3 is 2.66 bits per heavy atom. The van der Waals surface area contributed by atoms with Crippen LogP contribution in [-0.4, -0.2) is 39.0 Å². The molecule has 1 saturated heterocycles. The average molecular weight is 425 g/mol. The fourth-order valence-corrected chi connectivity index (χ4v) is 4.54. The Morgan fingerprint density at radius 1 is 0.875 bits per heavy atom. The van der Waals surface area contributed by atoms with Gasteiger partial charge in [0.15, 0.2) is 0 Å². The van der Waals surface area contributed by atoms with E-state index in [-0.39, 0.29) is 0 Å². The van der Waals surface area contributed by atoms with E-state index in [4.69, 9.17) is 4.74 Å². The van der Waals surface area contributed by atoms with E-state index in [2.05, 4.69) is 68.4 Å². The van der Waals surface area contributed by atoms with Crippen LogP contribution in [0.2, 0.25) is 0 Å². The highest BCUT2D eigenvalue weighted by Gasteiger charge is 2.23. The summed E-state index contributed by atoms with van der Waals surface area (Å²) in [6.07, 6.45) is 8.19. The van der Waals surface area contributed by atoms with Gasteiger partial charge in [0.05, 0.1) is 23.2 Å². The van der Waals surface area contributed by atoms with Gasteiger partial charge in [-0.05, 0) is 61.2 Å². The van der Waals surface area contributed by atoms with Gasteiger partial charge in [0.1, 0.15) is 6.33 Å². The largest absolute Gasteiger partial charge is 0.477 e. The molecule has 2 aromatic heterocycles. The molecule has 2 aromatic carbocycles. The van der Waals surface area contributed by atoms with Crippen molar-refractivity contribution in [1.82, 2.24) is 19.9 Å². The zero-order valence-corrected chi connectivity index (χ0v) is 18.2. The van der Waals surface area contributed by atoms with E-state index in [1.54, 1.807) is 6.33 Å². The first-order chi connectivity index (χ1) is 15.9. The number of hydrogen-bond donors (Lipinski definition) is 0. The van der Waals surface area contributed by atoms with Crippen LogP contribution in [0, 0.1) is 0 Å². The average Bonchev–Trinajstić information content (AvgIpc) is 2.86. The molecule has 0 aliphatic carbocycles. The Hall–Kier alpha value is -3.31. The molecule has 3 heterocycles. The SMILES string of the molecule is c1ccc(-c2ccc3ncnc(OCCC4CCCCN4Cc4ccccn4)c3c2)cc1. The highest BCUT2D eigenvalue weighted by atomic mass is 16.5. The van der Waals surface area contributed by atoms with E-state index in [0.717, 1.165) is 41.7 Å². The minimum Gasteiger partial charge on any atom is -0.477 e. The Labute approximate surface area is 189 Å². The summed E-state index contributed by atoms with van der Waals surface area (Å²) in [6.45, 7) is 2.67. The zero-order chi connectivity index (χ0) is 21.6. The number of rotatable bonds is 7. The molecule has 5 nitrogen and oxygen atoms in total. The highest BCUT2D eigenvalue weighted by molar-refractivity contribution is 5.88. The van der Waals surface area contributed by atoms with Crippen molar-refractivity contribution in [3.63, 3.8) is 0 Å². The number of benzene rings is 2. The fraction of sp³-hybridized carbons (Fsp3) is 0.296. The summed E-state index contributed by atoms with van der Waals surface area (Å²) in [5, 5.41) is 0.961. The smallest absolute Gasteiger partial charge is 0.224 e. The normalized spacial score (nSPS) is 16.8. The first-order valence-electron chi connectivity index (χ1n) is 11.4. The number of likely N-dealkylation sites (tertiary alicyclic amines) is 1. The molecular formula is C27H28N4O. The lowest BCUT2D eigenvalue weighted by Gasteiger charge is -2.35. The van der Waals surface area contributed by atoms with Crippen LogP contribution in [-0.2, 0) is 6.54 Å². The molecule has 1 aliphatic heterocycles. The van der Waals surface area contributed by atoms with Crippen molar-refractivity contribution < 1.29 is 4.74 Å². The summed E-state index contributed by atoms with van der Waals surface area (Å²) in [6, 6.07) is 23.3. The number of hydrogen-bond acceptors (Lipinski definition) is 5. The van der Waals surface area contributed by atoms with Crippen LogP contribution >= 0.6 is 0 Å². The van der Waals surface area contributed by atoms with Gasteiger partial charge < -0.3 is 4.74 Å². The summed E-state index contributed by atoms with van der Waals surface area (Å²) in [5.41, 5.74) is 4.36. The van der Waals surface area contributed by atoms with Crippen LogP contribution in [0.3, 0.4) is 0 Å². The minimum absolute atomic E-state index is 0.513. The third-order valence-electron chi connectivity index (χ3n) is 6.24. The minimum atomic E-state index is 0.513. The highest BCUT2D eigenvalue weighted by Crippen LogP contribution is 2.28. The van der Waals surface area contributed by atoms with Crippen molar-refractivity contribution in [3.05, 3.63) is 84.9 Å². The van der Waals surface area contributed by atoms with Gasteiger partial charge in [-0.25, -0.2) is 9.97 Å². The molecule has 1 atom stereocenters. The van der Waals surface area contributed by atoms with E-state index in [0.29, 0.717) is 18.5 Å². The van der Waals surface area contributed by atoms with E-state index in [9.17, 15) is 0 Å². The lowest BCUT2D eigenvalue weighted by molar-refractivity contribution is 0.114. The van der Waals surface area contributed by atoms with Crippen molar-refractivity contribution >= 4 is 10.9 Å². The van der Waals surface area contributed by atoms with Gasteiger partial charge in [-0.3, -0.25) is 9.88 Å². The van der Waals surface area contributed by atoms with Crippen LogP contribution in [0.1, 0.15) is 31.4 Å². The van der Waals surface area contributed by atoms with Crippen molar-refractivity contribution in [2.24, 2.45) is 0 Å². The van der Waals surface area contributed by atoms with E-state index < -0.39 is 0 Å². The maximum absolute atomic E-state index is 6.22. The van der Waals surface area contributed by atoms with Crippen LogP contribution in [0.5, 0.6) is 5.88 Å². The molecule has 0 bridgehead atoms. The summed E-state index contributed by atoms with van der Waals surface area (Å²) in [4.78, 5) is 16.0. The first-order valence-corrected chi connectivity index (χ1v) is 11.4. The van der Waals surface area contributed by atoms with E-state index in [1.165, 1.54) is 24.8 Å². The Morgan fingerprint density at radius 2 is 1.78 bits per heavy atom. The molecule has 0 spiro atoms. The molecule has 0 N–H and O–H groups in total. The molecular weight excluding hydrogens is 396 g/mol. The Kier molecular flexibility index (Phi) is 6.35. The second-order valence-corrected chi connectivity index (χ2v) is 8.36. The molecule has 5 rings (SSSR count). The third-order valence-corrected chi connectivity index (χ3v) is 6.24. The number of fused-ring (bicyclic) bond motifs is 1. The number of ether oxygens (including phenoxy) is 1. The van der Waals surface area contributed by atoms with Gasteiger partial charge in [0.25, 0.3) is 0 Å². The van der Waals surface area contributed by atoms with Crippen molar-refractivity contribution in [3.8, 4) is 17.0 Å². The molecule has 0 saturated carbocycles. The fourth-order valence-electron chi connectivity index (χ4n) is 4.54. The molecule has 32 heavy (non-hydrogen) atoms. The lowest BCUT2D eigenvalue weighted by Crippen LogP contribution is -2.40. The molecule has 0 radical (unpaired) electrons. The number of pyridine rings is 1. The first kappa shape index (κ1) is 20.6. The molecule has 4 aromatic rings. The summed E-state index contributed by atoms with van der Waals surface area (Å²) in [7, 11) is 0. The Bertz CT molecular complexity index is 1150.